The van der Waals surface area contributed by atoms with E-state index in [1.54, 1.807) is 13.8 Å². The van der Waals surface area contributed by atoms with Gasteiger partial charge >= 0.3 is 12.1 Å². The molecule has 0 radical (unpaired) electrons. The second-order valence-electron chi connectivity index (χ2n) is 6.16. The van der Waals surface area contributed by atoms with Gasteiger partial charge < -0.3 is 15.4 Å². The van der Waals surface area contributed by atoms with Gasteiger partial charge in [-0.15, -0.1) is 0 Å². The quantitative estimate of drug-likeness (QED) is 0.268. The number of benzene rings is 1. The normalized spacial score (nSPS) is 11.2. The number of hydrogen-bond acceptors (Lipinski definition) is 6. The fourth-order valence-corrected chi connectivity index (χ4v) is 2.19. The van der Waals surface area contributed by atoms with Crippen molar-refractivity contribution in [3.8, 4) is 0 Å². The van der Waals surface area contributed by atoms with Crippen LogP contribution in [0.15, 0.2) is 18.2 Å². The first-order valence-corrected chi connectivity index (χ1v) is 8.56. The maximum Gasteiger partial charge on any atom is 0.416 e. The molecular formula is C17H22F3N3O5. The number of esters is 1. The van der Waals surface area contributed by atoms with Crippen LogP contribution in [0.1, 0.15) is 38.7 Å². The predicted molar refractivity (Wildman–Crippen MR) is 94.7 cm³/mol. The number of halogens is 3. The van der Waals surface area contributed by atoms with Crippen LogP contribution in [0.4, 0.5) is 24.5 Å². The highest BCUT2D eigenvalue weighted by Crippen LogP contribution is 2.34. The smallest absolute Gasteiger partial charge is 0.416 e. The standard InChI is InChI=1S/C17H22F3N3O5/c1-11(2)28-16(25)4-3-8-22-15(24)7-9-21-13-6-5-12(17(18,19)20)10-14(13)23(26)27/h5-6,10-11,21H,3-4,7-9H2,1-2H3,(H,22,24). The van der Waals surface area contributed by atoms with Gasteiger partial charge in [0.1, 0.15) is 5.69 Å². The molecule has 0 unspecified atom stereocenters. The Labute approximate surface area is 159 Å². The second kappa shape index (κ2) is 10.5. The van der Waals surface area contributed by atoms with E-state index < -0.39 is 22.4 Å². The zero-order valence-corrected chi connectivity index (χ0v) is 15.5. The molecule has 28 heavy (non-hydrogen) atoms. The average molecular weight is 405 g/mol. The highest BCUT2D eigenvalue weighted by Gasteiger charge is 2.33. The highest BCUT2D eigenvalue weighted by molar-refractivity contribution is 5.77. The number of nitrogens with one attached hydrogen (secondary N) is 2. The van der Waals surface area contributed by atoms with Crippen LogP contribution in [0.5, 0.6) is 0 Å². The third kappa shape index (κ3) is 8.23. The van der Waals surface area contributed by atoms with Crippen molar-refractivity contribution in [2.24, 2.45) is 0 Å². The molecule has 0 heterocycles. The lowest BCUT2D eigenvalue weighted by Crippen LogP contribution is -2.27. The molecule has 8 nitrogen and oxygen atoms in total. The minimum absolute atomic E-state index is 0.00652. The number of nitrogens with zero attached hydrogens (tertiary/aromatic N) is 1. The molecule has 1 aromatic rings. The summed E-state index contributed by atoms with van der Waals surface area (Å²) in [6.45, 7) is 3.71. The van der Waals surface area contributed by atoms with Crippen LogP contribution >= 0.6 is 0 Å². The van der Waals surface area contributed by atoms with E-state index in [9.17, 15) is 32.9 Å². The van der Waals surface area contributed by atoms with Crippen molar-refractivity contribution in [1.82, 2.24) is 5.32 Å². The molecule has 1 aromatic carbocycles. The monoisotopic (exact) mass is 405 g/mol. The molecule has 0 fully saturated rings. The Morgan fingerprint density at radius 1 is 1.21 bits per heavy atom. The first-order valence-electron chi connectivity index (χ1n) is 8.56. The lowest BCUT2D eigenvalue weighted by atomic mass is 10.1. The summed E-state index contributed by atoms with van der Waals surface area (Å²) < 4.78 is 42.9. The van der Waals surface area contributed by atoms with E-state index in [2.05, 4.69) is 10.6 Å². The van der Waals surface area contributed by atoms with Crippen LogP contribution in [-0.4, -0.2) is 36.0 Å². The third-order valence-corrected chi connectivity index (χ3v) is 3.44. The maximum absolute atomic E-state index is 12.7. The van der Waals surface area contributed by atoms with E-state index in [0.29, 0.717) is 12.5 Å². The molecule has 0 bridgehead atoms. The molecule has 0 aromatic heterocycles. The number of alkyl halides is 3. The van der Waals surface area contributed by atoms with Crippen molar-refractivity contribution in [1.29, 1.82) is 0 Å². The summed E-state index contributed by atoms with van der Waals surface area (Å²) in [5, 5.41) is 16.1. The Morgan fingerprint density at radius 2 is 1.89 bits per heavy atom. The Balaban J connectivity index is 2.43. The molecule has 1 rings (SSSR count). The van der Waals surface area contributed by atoms with Crippen LogP contribution < -0.4 is 10.6 Å². The summed E-state index contributed by atoms with van der Waals surface area (Å²) in [6.07, 6.45) is -4.38. The second-order valence-corrected chi connectivity index (χ2v) is 6.16. The lowest BCUT2D eigenvalue weighted by Gasteiger charge is -2.11. The van der Waals surface area contributed by atoms with Crippen molar-refractivity contribution in [3.05, 3.63) is 33.9 Å². The van der Waals surface area contributed by atoms with Crippen molar-refractivity contribution in [2.75, 3.05) is 18.4 Å². The molecule has 2 N–H and O–H groups in total. The van der Waals surface area contributed by atoms with Crippen LogP contribution in [-0.2, 0) is 20.5 Å². The molecule has 0 atom stereocenters. The number of anilines is 1. The SMILES string of the molecule is CC(C)OC(=O)CCCNC(=O)CCNc1ccc(C(F)(F)F)cc1[N+](=O)[O-]. The first kappa shape index (κ1) is 23.2. The molecule has 156 valence electrons. The zero-order valence-electron chi connectivity index (χ0n) is 15.5. The van der Waals surface area contributed by atoms with Gasteiger partial charge in [0.2, 0.25) is 5.91 Å². The number of carbonyl (C=O) groups excluding carboxylic acids is 2. The molecular weight excluding hydrogens is 383 g/mol. The third-order valence-electron chi connectivity index (χ3n) is 3.44. The summed E-state index contributed by atoms with van der Waals surface area (Å²) in [7, 11) is 0. The Kier molecular flexibility index (Phi) is 8.68. The first-order chi connectivity index (χ1) is 13.0. The van der Waals surface area contributed by atoms with Crippen LogP contribution in [0.3, 0.4) is 0 Å². The van der Waals surface area contributed by atoms with Crippen LogP contribution in [0.25, 0.3) is 0 Å². The van der Waals surface area contributed by atoms with Crippen LogP contribution in [0, 0.1) is 10.1 Å². The van der Waals surface area contributed by atoms with Gasteiger partial charge in [0.25, 0.3) is 5.69 Å². The topological polar surface area (TPSA) is 111 Å². The van der Waals surface area contributed by atoms with E-state index in [1.165, 1.54) is 0 Å². The Bertz CT molecular complexity index is 708. The number of hydrogen-bond donors (Lipinski definition) is 2. The zero-order chi connectivity index (χ0) is 21.3. The molecule has 0 saturated heterocycles. The number of carbonyl (C=O) groups is 2. The van der Waals surface area contributed by atoms with E-state index in [1.807, 2.05) is 0 Å². The largest absolute Gasteiger partial charge is 0.463 e. The minimum Gasteiger partial charge on any atom is -0.463 e. The molecule has 0 spiro atoms. The van der Waals surface area contributed by atoms with E-state index in [-0.39, 0.29) is 49.6 Å². The number of amides is 1. The number of ether oxygens (including phenoxy) is 1. The van der Waals surface area contributed by atoms with Gasteiger partial charge in [-0.25, -0.2) is 0 Å². The molecule has 0 aliphatic carbocycles. The average Bonchev–Trinajstić information content (AvgIpc) is 2.57. The molecule has 0 aliphatic rings. The fraction of sp³-hybridized carbons (Fsp3) is 0.529. The molecule has 1 amide bonds. The van der Waals surface area contributed by atoms with Crippen molar-refractivity contribution in [3.63, 3.8) is 0 Å². The van der Waals surface area contributed by atoms with E-state index in [0.717, 1.165) is 12.1 Å². The van der Waals surface area contributed by atoms with Crippen LogP contribution in [0.2, 0.25) is 0 Å². The van der Waals surface area contributed by atoms with Crippen molar-refractivity contribution >= 4 is 23.3 Å². The molecule has 0 aliphatic heterocycles. The highest BCUT2D eigenvalue weighted by atomic mass is 19.4. The van der Waals surface area contributed by atoms with Gasteiger partial charge in [-0.2, -0.15) is 13.2 Å². The lowest BCUT2D eigenvalue weighted by molar-refractivity contribution is -0.384. The van der Waals surface area contributed by atoms with Crippen molar-refractivity contribution in [2.45, 2.75) is 45.4 Å². The summed E-state index contributed by atoms with van der Waals surface area (Å²) >= 11 is 0. The van der Waals surface area contributed by atoms with E-state index >= 15 is 0 Å². The number of nitro benzene ring substituents is 1. The van der Waals surface area contributed by atoms with E-state index in [4.69, 9.17) is 4.74 Å². The summed E-state index contributed by atoms with van der Waals surface area (Å²) in [5.74, 6) is -0.722. The molecule has 11 heteroatoms. The number of nitro groups is 1. The number of rotatable bonds is 10. The summed E-state index contributed by atoms with van der Waals surface area (Å²) in [6, 6.07) is 2.13. The Morgan fingerprint density at radius 3 is 2.46 bits per heavy atom. The predicted octanol–water partition coefficient (Wildman–Crippen LogP) is 3.26. The van der Waals surface area contributed by atoms with Gasteiger partial charge in [-0.1, -0.05) is 0 Å². The minimum atomic E-state index is -4.69. The maximum atomic E-state index is 12.7. The van der Waals surface area contributed by atoms with Gasteiger partial charge in [0.15, 0.2) is 0 Å². The van der Waals surface area contributed by atoms with Gasteiger partial charge in [0, 0.05) is 32.0 Å². The summed E-state index contributed by atoms with van der Waals surface area (Å²) in [5.41, 5.74) is -1.96. The Hall–Kier alpha value is -2.85. The van der Waals surface area contributed by atoms with Gasteiger partial charge in [-0.05, 0) is 32.4 Å². The fourth-order valence-electron chi connectivity index (χ4n) is 2.19. The van der Waals surface area contributed by atoms with Crippen molar-refractivity contribution < 1.29 is 32.4 Å². The van der Waals surface area contributed by atoms with Gasteiger partial charge in [-0.3, -0.25) is 19.7 Å². The summed E-state index contributed by atoms with van der Waals surface area (Å²) in [4.78, 5) is 33.1. The van der Waals surface area contributed by atoms with Gasteiger partial charge in [0.05, 0.1) is 16.6 Å². The molecule has 0 saturated carbocycles.